The van der Waals surface area contributed by atoms with Crippen molar-refractivity contribution in [1.82, 2.24) is 0 Å². The van der Waals surface area contributed by atoms with Gasteiger partial charge in [0.1, 0.15) is 11.5 Å². The van der Waals surface area contributed by atoms with Gasteiger partial charge in [0.25, 0.3) is 5.91 Å². The third-order valence-electron chi connectivity index (χ3n) is 3.25. The Morgan fingerprint density at radius 3 is 1.92 bits per heavy atom. The summed E-state index contributed by atoms with van der Waals surface area (Å²) in [6.45, 7) is 0. The van der Waals surface area contributed by atoms with Crippen molar-refractivity contribution >= 4 is 23.2 Å². The van der Waals surface area contributed by atoms with Gasteiger partial charge in [-0.2, -0.15) is 13.2 Å². The fraction of sp³-hybridized carbons (Fsp3) is 0.176. The first kappa shape index (κ1) is 19.1. The Kier molecular flexibility index (Phi) is 5.71. The van der Waals surface area contributed by atoms with Crippen LogP contribution in [0.5, 0.6) is 11.5 Å². The zero-order valence-corrected chi connectivity index (χ0v) is 13.8. The molecule has 0 aliphatic rings. The number of carbonyl (C=O) groups excluding carboxylic acids is 2. The molecule has 9 heteroatoms. The zero-order valence-electron chi connectivity index (χ0n) is 13.8. The van der Waals surface area contributed by atoms with E-state index in [0.29, 0.717) is 11.5 Å². The molecule has 26 heavy (non-hydrogen) atoms. The van der Waals surface area contributed by atoms with Crippen molar-refractivity contribution < 1.29 is 32.2 Å². The fourth-order valence-electron chi connectivity index (χ4n) is 2.02. The lowest BCUT2D eigenvalue weighted by atomic mass is 10.1. The van der Waals surface area contributed by atoms with E-state index in [1.165, 1.54) is 50.6 Å². The molecule has 0 radical (unpaired) electrons. The van der Waals surface area contributed by atoms with E-state index in [9.17, 15) is 22.8 Å². The molecule has 0 aliphatic carbocycles. The number of rotatable bonds is 5. The normalized spacial score (nSPS) is 10.8. The highest BCUT2D eigenvalue weighted by Gasteiger charge is 2.38. The maximum atomic E-state index is 12.4. The SMILES string of the molecule is COc1cc(OC)cc(C(=O)Nc2cccc(NC(=O)C(F)(F)F)c2)c1. The number of carbonyl (C=O) groups is 2. The second kappa shape index (κ2) is 7.77. The van der Waals surface area contributed by atoms with Crippen LogP contribution in [-0.4, -0.2) is 32.2 Å². The molecule has 0 bridgehead atoms. The van der Waals surface area contributed by atoms with Gasteiger partial charge in [-0.05, 0) is 30.3 Å². The van der Waals surface area contributed by atoms with Crippen LogP contribution in [0.1, 0.15) is 10.4 Å². The largest absolute Gasteiger partial charge is 0.497 e. The van der Waals surface area contributed by atoms with E-state index in [2.05, 4.69) is 5.32 Å². The minimum absolute atomic E-state index is 0.103. The summed E-state index contributed by atoms with van der Waals surface area (Å²) >= 11 is 0. The lowest BCUT2D eigenvalue weighted by Gasteiger charge is -2.11. The lowest BCUT2D eigenvalue weighted by molar-refractivity contribution is -0.167. The molecule has 2 aromatic carbocycles. The Labute approximate surface area is 146 Å². The average Bonchev–Trinajstić information content (AvgIpc) is 2.60. The van der Waals surface area contributed by atoms with Gasteiger partial charge in [-0.25, -0.2) is 0 Å². The van der Waals surface area contributed by atoms with Gasteiger partial charge in [0.05, 0.1) is 14.2 Å². The third-order valence-corrected chi connectivity index (χ3v) is 3.25. The van der Waals surface area contributed by atoms with E-state index in [0.717, 1.165) is 0 Å². The molecule has 6 nitrogen and oxygen atoms in total. The first-order valence-electron chi connectivity index (χ1n) is 7.25. The quantitative estimate of drug-likeness (QED) is 0.848. The van der Waals surface area contributed by atoms with Gasteiger partial charge in [0, 0.05) is 23.0 Å². The molecule has 0 spiro atoms. The standard InChI is InChI=1S/C17H15F3N2O4/c1-25-13-6-10(7-14(9-13)26-2)15(23)21-11-4-3-5-12(8-11)22-16(24)17(18,19)20/h3-9H,1-2H3,(H,21,23)(H,22,24). The molecular weight excluding hydrogens is 353 g/mol. The van der Waals surface area contributed by atoms with Gasteiger partial charge in [-0.15, -0.1) is 0 Å². The second-order valence-electron chi connectivity index (χ2n) is 5.09. The van der Waals surface area contributed by atoms with E-state index in [1.807, 2.05) is 0 Å². The Morgan fingerprint density at radius 1 is 0.885 bits per heavy atom. The number of benzene rings is 2. The summed E-state index contributed by atoms with van der Waals surface area (Å²) in [4.78, 5) is 23.3. The van der Waals surface area contributed by atoms with Gasteiger partial charge >= 0.3 is 12.1 Å². The second-order valence-corrected chi connectivity index (χ2v) is 5.09. The molecule has 0 aliphatic heterocycles. The van der Waals surface area contributed by atoms with E-state index >= 15 is 0 Å². The minimum Gasteiger partial charge on any atom is -0.497 e. The van der Waals surface area contributed by atoms with Crippen LogP contribution in [0.15, 0.2) is 42.5 Å². The predicted octanol–water partition coefficient (Wildman–Crippen LogP) is 3.46. The molecule has 0 fully saturated rings. The molecule has 2 rings (SSSR count). The molecular formula is C17H15F3N2O4. The van der Waals surface area contributed by atoms with Crippen LogP contribution < -0.4 is 20.1 Å². The van der Waals surface area contributed by atoms with Gasteiger partial charge < -0.3 is 20.1 Å². The van der Waals surface area contributed by atoms with E-state index in [1.54, 1.807) is 11.4 Å². The van der Waals surface area contributed by atoms with Gasteiger partial charge in [-0.3, -0.25) is 9.59 Å². The summed E-state index contributed by atoms with van der Waals surface area (Å²) in [6, 6.07) is 9.89. The molecule has 2 amide bonds. The van der Waals surface area contributed by atoms with Crippen LogP contribution in [0.2, 0.25) is 0 Å². The van der Waals surface area contributed by atoms with Crippen LogP contribution in [0.25, 0.3) is 0 Å². The summed E-state index contributed by atoms with van der Waals surface area (Å²) in [7, 11) is 2.87. The third kappa shape index (κ3) is 4.88. The first-order chi connectivity index (χ1) is 12.2. The van der Waals surface area contributed by atoms with Crippen LogP contribution in [0.4, 0.5) is 24.5 Å². The maximum Gasteiger partial charge on any atom is 0.471 e. The number of hydrogen-bond acceptors (Lipinski definition) is 4. The van der Waals surface area contributed by atoms with Crippen LogP contribution in [0, 0.1) is 0 Å². The Balaban J connectivity index is 2.17. The molecule has 0 atom stereocenters. The Bertz CT molecular complexity index is 800. The van der Waals surface area contributed by atoms with Crippen molar-refractivity contribution in [3.63, 3.8) is 0 Å². The van der Waals surface area contributed by atoms with Crippen molar-refractivity contribution in [1.29, 1.82) is 0 Å². The van der Waals surface area contributed by atoms with Crippen molar-refractivity contribution in [3.05, 3.63) is 48.0 Å². The van der Waals surface area contributed by atoms with E-state index < -0.39 is 18.0 Å². The topological polar surface area (TPSA) is 76.7 Å². The number of ether oxygens (including phenoxy) is 2. The van der Waals surface area contributed by atoms with Crippen LogP contribution >= 0.6 is 0 Å². The summed E-state index contributed by atoms with van der Waals surface area (Å²) in [6.07, 6.45) is -5.00. The maximum absolute atomic E-state index is 12.4. The smallest absolute Gasteiger partial charge is 0.471 e. The zero-order chi connectivity index (χ0) is 19.3. The number of methoxy groups -OCH3 is 2. The number of halogens is 3. The van der Waals surface area contributed by atoms with Crippen molar-refractivity contribution in [2.24, 2.45) is 0 Å². The number of amides is 2. The predicted molar refractivity (Wildman–Crippen MR) is 88.6 cm³/mol. The average molecular weight is 368 g/mol. The molecule has 0 unspecified atom stereocenters. The fourth-order valence-corrected chi connectivity index (χ4v) is 2.02. The summed E-state index contributed by atoms with van der Waals surface area (Å²) in [5, 5.41) is 4.25. The van der Waals surface area contributed by atoms with Gasteiger partial charge in [-0.1, -0.05) is 6.07 Å². The van der Waals surface area contributed by atoms with E-state index in [-0.39, 0.29) is 16.9 Å². The Morgan fingerprint density at radius 2 is 1.42 bits per heavy atom. The lowest BCUT2D eigenvalue weighted by Crippen LogP contribution is -2.29. The molecule has 0 heterocycles. The molecule has 2 aromatic rings. The highest BCUT2D eigenvalue weighted by Crippen LogP contribution is 2.24. The van der Waals surface area contributed by atoms with Crippen LogP contribution in [-0.2, 0) is 4.79 Å². The molecule has 0 saturated carbocycles. The number of nitrogens with one attached hydrogen (secondary N) is 2. The van der Waals surface area contributed by atoms with Gasteiger partial charge in [0.2, 0.25) is 0 Å². The van der Waals surface area contributed by atoms with Gasteiger partial charge in [0.15, 0.2) is 0 Å². The van der Waals surface area contributed by atoms with Crippen molar-refractivity contribution in [3.8, 4) is 11.5 Å². The summed E-state index contributed by atoms with van der Waals surface area (Å²) in [5.41, 5.74) is 0.330. The minimum atomic E-state index is -5.00. The number of alkyl halides is 3. The Hall–Kier alpha value is -3.23. The summed E-state index contributed by atoms with van der Waals surface area (Å²) in [5.74, 6) is -1.82. The number of hydrogen-bond donors (Lipinski definition) is 2. The molecule has 0 aromatic heterocycles. The highest BCUT2D eigenvalue weighted by atomic mass is 19.4. The van der Waals surface area contributed by atoms with Crippen molar-refractivity contribution in [2.75, 3.05) is 24.9 Å². The summed E-state index contributed by atoms with van der Waals surface area (Å²) < 4.78 is 47.1. The molecule has 2 N–H and O–H groups in total. The molecule has 138 valence electrons. The van der Waals surface area contributed by atoms with Crippen molar-refractivity contribution in [2.45, 2.75) is 6.18 Å². The first-order valence-corrected chi connectivity index (χ1v) is 7.25. The van der Waals surface area contributed by atoms with E-state index in [4.69, 9.17) is 9.47 Å². The highest BCUT2D eigenvalue weighted by molar-refractivity contribution is 6.05. The number of anilines is 2. The van der Waals surface area contributed by atoms with Crippen LogP contribution in [0.3, 0.4) is 0 Å². The monoisotopic (exact) mass is 368 g/mol. The molecule has 0 saturated heterocycles.